The molecule has 0 amide bonds. The second-order valence-corrected chi connectivity index (χ2v) is 11.7. The van der Waals surface area contributed by atoms with Crippen LogP contribution in [-0.2, 0) is 0 Å². The van der Waals surface area contributed by atoms with E-state index in [-0.39, 0.29) is 6.92 Å². The Hall–Kier alpha value is -5.99. The Bertz CT molecular complexity index is 2220. The highest BCUT2D eigenvalue weighted by Gasteiger charge is 2.53. The predicted octanol–water partition coefficient (Wildman–Crippen LogP) is 11.5. The van der Waals surface area contributed by atoms with Crippen molar-refractivity contribution in [3.63, 3.8) is 0 Å². The largest absolute Gasteiger partial charge is 0.306 e. The lowest BCUT2D eigenvalue weighted by Crippen LogP contribution is -2.81. The number of hydrogen-bond donors (Lipinski definition) is 0. The highest BCUT2D eigenvalue weighted by molar-refractivity contribution is 7.20. The van der Waals surface area contributed by atoms with Gasteiger partial charge >= 0.3 is 18.2 Å². The van der Waals surface area contributed by atoms with Crippen molar-refractivity contribution >= 4 is 51.1 Å². The van der Waals surface area contributed by atoms with Crippen molar-refractivity contribution in [1.29, 1.82) is 0 Å². The molecular weight excluding hydrogens is 920 g/mol. The first-order valence-electron chi connectivity index (χ1n) is 14.8. The number of allylic oxidation sites excluding steroid dienone is 1. The van der Waals surface area contributed by atoms with Gasteiger partial charge in [-0.2, -0.15) is 35.1 Å². The summed E-state index contributed by atoms with van der Waals surface area (Å²) in [6, 6.07) is 0. The van der Waals surface area contributed by atoms with Crippen LogP contribution in [0.25, 0.3) is 23.1 Å². The Labute approximate surface area is 316 Å². The van der Waals surface area contributed by atoms with E-state index < -0.39 is 191 Å². The van der Waals surface area contributed by atoms with E-state index >= 15 is 70.2 Å². The molecule has 61 heavy (non-hydrogen) atoms. The first kappa shape index (κ1) is 47.7. The maximum Gasteiger partial charge on any atom is 0.306 e. The van der Waals surface area contributed by atoms with Gasteiger partial charge in [-0.15, -0.1) is 21.9 Å². The van der Waals surface area contributed by atoms with Crippen LogP contribution in [-0.4, -0.2) is 6.15 Å². The van der Waals surface area contributed by atoms with Crippen LogP contribution >= 0.6 is 0 Å². The predicted molar refractivity (Wildman–Crippen MR) is 155 cm³/mol. The molecule has 4 aromatic rings. The number of halogens is 27. The van der Waals surface area contributed by atoms with Crippen molar-refractivity contribution in [1.82, 2.24) is 0 Å². The zero-order valence-electron chi connectivity index (χ0n) is 27.8. The Balaban J connectivity index is 2.78. The lowest BCUT2D eigenvalue weighted by molar-refractivity contribution is 0.402. The summed E-state index contributed by atoms with van der Waals surface area (Å²) >= 11 is 0. The molecule has 0 aliphatic rings. The maximum absolute atomic E-state index is 16.4. The molecule has 0 heterocycles. The number of rotatable bonds is 8. The molecule has 328 valence electrons. The quantitative estimate of drug-likeness (QED) is 0.0938. The molecule has 0 unspecified atom stereocenters. The summed E-state index contributed by atoms with van der Waals surface area (Å²) in [5.74, 6) is -75.3. The summed E-state index contributed by atoms with van der Waals surface area (Å²) < 4.78 is 403. The lowest BCUT2D eigenvalue weighted by Gasteiger charge is -2.45. The number of hydrogen-bond acceptors (Lipinski definition) is 0. The second-order valence-electron chi connectivity index (χ2n) is 11.7. The summed E-state index contributed by atoms with van der Waals surface area (Å²) in [7, 11) is 0. The van der Waals surface area contributed by atoms with E-state index in [9.17, 15) is 48.3 Å². The zero-order chi connectivity index (χ0) is 47.0. The van der Waals surface area contributed by atoms with Gasteiger partial charge in [0.1, 0.15) is 52.7 Å². The van der Waals surface area contributed by atoms with Crippen molar-refractivity contribution in [2.75, 3.05) is 0 Å². The smallest absolute Gasteiger partial charge is 0.207 e. The summed E-state index contributed by atoms with van der Waals surface area (Å²) in [6.07, 6.45) is -23.3. The normalized spacial score (nSPS) is 11.6. The van der Waals surface area contributed by atoms with Crippen LogP contribution in [0.15, 0.2) is 24.3 Å². The van der Waals surface area contributed by atoms with E-state index in [1.54, 1.807) is 0 Å². The van der Waals surface area contributed by atoms with Crippen LogP contribution < -0.4 is 21.9 Å². The SMILES string of the molecule is CC(=C(F)F)c1c(F)c(F)c([B-](c2c(F)c(F)c(C(F)=C(F)F)c(F)c2F)(c2c(F)c(F)c(C(F)=C(F)F)c(F)c2F)c2c(F)c(F)c(C(F)=C(F)F)c(F)c2F)c(F)c1F. The monoisotopic (exact) mass is 923 g/mol. The molecule has 0 bridgehead atoms. The van der Waals surface area contributed by atoms with Gasteiger partial charge in [-0.1, -0.05) is 0 Å². The molecule has 28 heteroatoms. The van der Waals surface area contributed by atoms with Gasteiger partial charge in [0.2, 0.25) is 17.5 Å². The van der Waals surface area contributed by atoms with Crippen molar-refractivity contribution in [2.45, 2.75) is 6.92 Å². The molecule has 0 fully saturated rings. The second kappa shape index (κ2) is 16.5. The van der Waals surface area contributed by atoms with E-state index in [1.165, 1.54) is 0 Å². The number of benzene rings is 4. The third-order valence-electron chi connectivity index (χ3n) is 8.74. The molecule has 0 saturated heterocycles. The van der Waals surface area contributed by atoms with Gasteiger partial charge in [0.25, 0.3) is 6.08 Å². The Kier molecular flexibility index (Phi) is 12.9. The molecule has 0 aliphatic carbocycles. The highest BCUT2D eigenvalue weighted by Crippen LogP contribution is 2.38. The highest BCUT2D eigenvalue weighted by atomic mass is 19.3. The van der Waals surface area contributed by atoms with Gasteiger partial charge in [-0.25, -0.2) is 83.4 Å². The van der Waals surface area contributed by atoms with E-state index in [2.05, 4.69) is 0 Å². The van der Waals surface area contributed by atoms with Gasteiger partial charge < -0.3 is 0 Å². The average molecular weight is 923 g/mol. The molecule has 4 rings (SSSR count). The van der Waals surface area contributed by atoms with Crippen LogP contribution in [0.3, 0.4) is 0 Å². The minimum absolute atomic E-state index is 0.174. The first-order chi connectivity index (χ1) is 28.0. The van der Waals surface area contributed by atoms with Crippen molar-refractivity contribution < 1.29 is 119 Å². The molecule has 0 aromatic heterocycles. The topological polar surface area (TPSA) is 0 Å². The Morgan fingerprint density at radius 3 is 0.557 bits per heavy atom. The third-order valence-corrected chi connectivity index (χ3v) is 8.74. The van der Waals surface area contributed by atoms with Gasteiger partial charge in [-0.05, 0) is 6.92 Å². The van der Waals surface area contributed by atoms with Crippen LogP contribution in [0.5, 0.6) is 0 Å². The molecule has 0 radical (unpaired) electrons. The van der Waals surface area contributed by atoms with Gasteiger partial charge in [0.15, 0.2) is 46.5 Å². The molecule has 4 aromatic carbocycles. The van der Waals surface area contributed by atoms with E-state index in [0.717, 1.165) is 0 Å². The van der Waals surface area contributed by atoms with E-state index in [0.29, 0.717) is 0 Å². The summed E-state index contributed by atoms with van der Waals surface area (Å²) in [5, 5.41) is 0. The maximum atomic E-state index is 16.4. The fourth-order valence-corrected chi connectivity index (χ4v) is 6.27. The Morgan fingerprint density at radius 2 is 0.410 bits per heavy atom. The van der Waals surface area contributed by atoms with Crippen LogP contribution in [0.4, 0.5) is 119 Å². The lowest BCUT2D eigenvalue weighted by atomic mass is 9.12. The molecule has 0 saturated carbocycles. The first-order valence-corrected chi connectivity index (χ1v) is 14.8. The molecule has 0 N–H and O–H groups in total. The van der Waals surface area contributed by atoms with Crippen LogP contribution in [0, 0.1) is 93.1 Å². The zero-order valence-corrected chi connectivity index (χ0v) is 27.8. The minimum atomic E-state index is -7.89. The third kappa shape index (κ3) is 6.85. The van der Waals surface area contributed by atoms with Crippen molar-refractivity contribution in [3.8, 4) is 0 Å². The summed E-state index contributed by atoms with van der Waals surface area (Å²) in [5.41, 5.74) is -31.6. The van der Waals surface area contributed by atoms with Crippen molar-refractivity contribution in [3.05, 3.63) is 140 Å². The van der Waals surface area contributed by atoms with Gasteiger partial charge in [0, 0.05) is 5.57 Å². The average Bonchev–Trinajstić information content (AvgIpc) is 3.17. The Morgan fingerprint density at radius 1 is 0.246 bits per heavy atom. The minimum Gasteiger partial charge on any atom is -0.207 e. The van der Waals surface area contributed by atoms with Gasteiger partial charge in [0.05, 0.1) is 22.3 Å². The standard InChI is InChI=1S/C33H3BF27/c1-2(30(54)55)3-11(35)22(46)7(23(47)12(3)36)34(8-24(48)13(37)4(14(38)25(8)49)19(43)31(56)57,9-26(50)15(39)5(16(40)27(9)51)20(44)32(58)59)10-28(52)17(41)6(18(42)29(10)53)21(45)33(60)61/h1H3/q-1. The fourth-order valence-electron chi connectivity index (χ4n) is 6.27. The molecule has 0 spiro atoms. The summed E-state index contributed by atoms with van der Waals surface area (Å²) in [4.78, 5) is 0. The summed E-state index contributed by atoms with van der Waals surface area (Å²) in [6.45, 7) is -0.174. The van der Waals surface area contributed by atoms with E-state index in [1.807, 2.05) is 0 Å². The molecular formula is C33H3BF27-. The molecule has 0 atom stereocenters. The van der Waals surface area contributed by atoms with Gasteiger partial charge in [-0.3, -0.25) is 0 Å². The van der Waals surface area contributed by atoms with E-state index in [4.69, 9.17) is 0 Å². The van der Waals surface area contributed by atoms with Crippen molar-refractivity contribution in [2.24, 2.45) is 0 Å². The molecule has 0 aliphatic heterocycles. The van der Waals surface area contributed by atoms with Crippen LogP contribution in [0.2, 0.25) is 0 Å². The molecule has 0 nitrogen and oxygen atoms in total. The van der Waals surface area contributed by atoms with Crippen LogP contribution in [0.1, 0.15) is 29.2 Å². The fraction of sp³-hybridized carbons (Fsp3) is 0.0303.